The van der Waals surface area contributed by atoms with Gasteiger partial charge in [-0.1, -0.05) is 12.1 Å². The zero-order valence-corrected chi connectivity index (χ0v) is 16.3. The first-order valence-corrected chi connectivity index (χ1v) is 9.60. The molecule has 2 unspecified atom stereocenters. The average Bonchev–Trinajstić information content (AvgIpc) is 3.10. The molecule has 152 valence electrons. The molecule has 8 heteroatoms. The number of benzene rings is 1. The molecule has 0 spiro atoms. The summed E-state index contributed by atoms with van der Waals surface area (Å²) in [5, 5.41) is 0. The highest BCUT2D eigenvalue weighted by molar-refractivity contribution is 6.00. The van der Waals surface area contributed by atoms with Crippen molar-refractivity contribution in [1.82, 2.24) is 4.90 Å². The van der Waals surface area contributed by atoms with Crippen LogP contribution in [0.15, 0.2) is 24.3 Å². The monoisotopic (exact) mass is 390 g/mol. The molecule has 0 aliphatic carbocycles. The van der Waals surface area contributed by atoms with Gasteiger partial charge in [-0.25, -0.2) is 0 Å². The van der Waals surface area contributed by atoms with E-state index in [0.29, 0.717) is 44.3 Å². The van der Waals surface area contributed by atoms with Gasteiger partial charge in [-0.05, 0) is 26.0 Å². The third kappa shape index (κ3) is 4.44. The smallest absolute Gasteiger partial charge is 0.312 e. The average molecular weight is 390 g/mol. The Labute approximate surface area is 164 Å². The molecule has 0 aromatic heterocycles. The lowest BCUT2D eigenvalue weighted by Crippen LogP contribution is -2.46. The number of amides is 2. The van der Waals surface area contributed by atoms with Crippen molar-refractivity contribution in [3.63, 3.8) is 0 Å². The number of ether oxygens (including phenoxy) is 3. The minimum Gasteiger partial charge on any atom is -0.492 e. The highest BCUT2D eigenvalue weighted by Gasteiger charge is 2.38. The molecular weight excluding hydrogens is 364 g/mol. The Hall–Kier alpha value is -2.61. The van der Waals surface area contributed by atoms with Gasteiger partial charge in [0.15, 0.2) is 6.10 Å². The number of carbonyl (C=O) groups is 3. The lowest BCUT2D eigenvalue weighted by atomic mass is 10.1. The largest absolute Gasteiger partial charge is 0.492 e. The van der Waals surface area contributed by atoms with Crippen molar-refractivity contribution in [2.45, 2.75) is 26.4 Å². The van der Waals surface area contributed by atoms with E-state index in [9.17, 15) is 14.4 Å². The van der Waals surface area contributed by atoms with Crippen molar-refractivity contribution >= 4 is 23.5 Å². The maximum atomic E-state index is 12.5. The molecule has 2 saturated heterocycles. The summed E-state index contributed by atoms with van der Waals surface area (Å²) in [6.45, 7) is 6.07. The van der Waals surface area contributed by atoms with Crippen LogP contribution in [0.5, 0.6) is 5.75 Å². The van der Waals surface area contributed by atoms with Gasteiger partial charge in [-0.2, -0.15) is 0 Å². The molecule has 2 fully saturated rings. The molecule has 3 rings (SSSR count). The van der Waals surface area contributed by atoms with Crippen LogP contribution in [0, 0.1) is 5.92 Å². The first-order chi connectivity index (χ1) is 13.5. The van der Waals surface area contributed by atoms with Gasteiger partial charge in [0.2, 0.25) is 5.91 Å². The second kappa shape index (κ2) is 9.05. The molecule has 2 atom stereocenters. The van der Waals surface area contributed by atoms with Crippen LogP contribution in [0.1, 0.15) is 20.3 Å². The van der Waals surface area contributed by atoms with E-state index in [0.717, 1.165) is 0 Å². The Balaban J connectivity index is 1.61. The molecule has 0 N–H and O–H groups in total. The van der Waals surface area contributed by atoms with Gasteiger partial charge >= 0.3 is 5.97 Å². The Kier molecular flexibility index (Phi) is 6.51. The van der Waals surface area contributed by atoms with Crippen molar-refractivity contribution in [3.05, 3.63) is 24.3 Å². The molecule has 1 aromatic carbocycles. The second-order valence-electron chi connectivity index (χ2n) is 6.82. The lowest BCUT2D eigenvalue weighted by Gasteiger charge is -2.29. The van der Waals surface area contributed by atoms with Gasteiger partial charge in [0.05, 0.1) is 31.4 Å². The molecule has 1 aromatic rings. The Morgan fingerprint density at radius 1 is 1.25 bits per heavy atom. The Morgan fingerprint density at radius 3 is 2.68 bits per heavy atom. The first kappa shape index (κ1) is 20.1. The van der Waals surface area contributed by atoms with Crippen molar-refractivity contribution in [2.24, 2.45) is 5.92 Å². The van der Waals surface area contributed by atoms with E-state index < -0.39 is 18.0 Å². The minimum atomic E-state index is -0.884. The summed E-state index contributed by atoms with van der Waals surface area (Å²) < 4.78 is 16.2. The minimum absolute atomic E-state index is 0.0533. The summed E-state index contributed by atoms with van der Waals surface area (Å²) in [5.41, 5.74) is 0.641. The molecule has 2 heterocycles. The predicted molar refractivity (Wildman–Crippen MR) is 101 cm³/mol. The number of nitrogens with zero attached hydrogens (tertiary/aromatic N) is 2. The van der Waals surface area contributed by atoms with Crippen molar-refractivity contribution < 1.29 is 28.6 Å². The van der Waals surface area contributed by atoms with Gasteiger partial charge in [-0.3, -0.25) is 14.4 Å². The van der Waals surface area contributed by atoms with Crippen LogP contribution in [-0.4, -0.2) is 68.2 Å². The van der Waals surface area contributed by atoms with E-state index in [1.165, 1.54) is 0 Å². The highest BCUT2D eigenvalue weighted by atomic mass is 16.5. The predicted octanol–water partition coefficient (Wildman–Crippen LogP) is 1.23. The number of morpholine rings is 1. The standard InChI is InChI=1S/C20H26N2O6/c1-3-27-17-7-5-4-6-16(17)22-13-15(12-18(22)23)20(25)28-14(2)19(24)21-8-10-26-11-9-21/h4-7,14-15H,3,8-13H2,1-2H3. The summed E-state index contributed by atoms with van der Waals surface area (Å²) in [6.07, 6.45) is -0.830. The molecule has 0 saturated carbocycles. The van der Waals surface area contributed by atoms with Crippen LogP contribution < -0.4 is 9.64 Å². The quantitative estimate of drug-likeness (QED) is 0.679. The summed E-state index contributed by atoms with van der Waals surface area (Å²) >= 11 is 0. The molecule has 8 nitrogen and oxygen atoms in total. The van der Waals surface area contributed by atoms with Crippen LogP contribution >= 0.6 is 0 Å². The zero-order valence-electron chi connectivity index (χ0n) is 16.3. The van der Waals surface area contributed by atoms with Crippen LogP contribution in [0.2, 0.25) is 0 Å². The molecule has 0 radical (unpaired) electrons. The van der Waals surface area contributed by atoms with Crippen LogP contribution in [-0.2, 0) is 23.9 Å². The first-order valence-electron chi connectivity index (χ1n) is 9.60. The van der Waals surface area contributed by atoms with Crippen molar-refractivity contribution in [2.75, 3.05) is 44.4 Å². The fraction of sp³-hybridized carbons (Fsp3) is 0.550. The molecule has 2 amide bonds. The van der Waals surface area contributed by atoms with E-state index >= 15 is 0 Å². The summed E-state index contributed by atoms with van der Waals surface area (Å²) in [7, 11) is 0. The van der Waals surface area contributed by atoms with Crippen LogP contribution in [0.25, 0.3) is 0 Å². The summed E-state index contributed by atoms with van der Waals surface area (Å²) in [4.78, 5) is 40.6. The van der Waals surface area contributed by atoms with Crippen LogP contribution in [0.4, 0.5) is 5.69 Å². The third-order valence-corrected chi connectivity index (χ3v) is 4.88. The van der Waals surface area contributed by atoms with Gasteiger partial charge in [0.1, 0.15) is 5.75 Å². The second-order valence-corrected chi connectivity index (χ2v) is 6.82. The molecule has 2 aliphatic heterocycles. The van der Waals surface area contributed by atoms with Gasteiger partial charge in [0.25, 0.3) is 5.91 Å². The van der Waals surface area contributed by atoms with Gasteiger partial charge in [-0.15, -0.1) is 0 Å². The van der Waals surface area contributed by atoms with Crippen molar-refractivity contribution in [3.8, 4) is 5.75 Å². The highest BCUT2D eigenvalue weighted by Crippen LogP contribution is 2.33. The fourth-order valence-corrected chi connectivity index (χ4v) is 3.42. The Bertz CT molecular complexity index is 731. The summed E-state index contributed by atoms with van der Waals surface area (Å²) in [6, 6.07) is 7.24. The molecule has 28 heavy (non-hydrogen) atoms. The number of anilines is 1. The zero-order chi connectivity index (χ0) is 20.1. The van der Waals surface area contributed by atoms with E-state index in [4.69, 9.17) is 14.2 Å². The SMILES string of the molecule is CCOc1ccccc1N1CC(C(=O)OC(C)C(=O)N2CCOCC2)CC1=O. The Morgan fingerprint density at radius 2 is 1.96 bits per heavy atom. The van der Waals surface area contributed by atoms with Crippen LogP contribution in [0.3, 0.4) is 0 Å². The number of rotatable bonds is 6. The molecule has 2 aliphatic rings. The van der Waals surface area contributed by atoms with E-state index in [1.54, 1.807) is 28.9 Å². The molecule has 0 bridgehead atoms. The molecular formula is C20H26N2O6. The number of esters is 1. The summed E-state index contributed by atoms with van der Waals surface area (Å²) in [5.74, 6) is -0.940. The normalized spacial score (nSPS) is 20.8. The van der Waals surface area contributed by atoms with Gasteiger partial charge < -0.3 is 24.0 Å². The topological polar surface area (TPSA) is 85.4 Å². The van der Waals surface area contributed by atoms with E-state index in [1.807, 2.05) is 19.1 Å². The number of carbonyl (C=O) groups excluding carboxylic acids is 3. The van der Waals surface area contributed by atoms with Crippen molar-refractivity contribution in [1.29, 1.82) is 0 Å². The van der Waals surface area contributed by atoms with Gasteiger partial charge in [0, 0.05) is 26.1 Å². The number of hydrogen-bond acceptors (Lipinski definition) is 6. The van der Waals surface area contributed by atoms with E-state index in [2.05, 4.69) is 0 Å². The number of para-hydroxylation sites is 2. The fourth-order valence-electron chi connectivity index (χ4n) is 3.42. The number of hydrogen-bond donors (Lipinski definition) is 0. The maximum Gasteiger partial charge on any atom is 0.312 e. The maximum absolute atomic E-state index is 12.5. The van der Waals surface area contributed by atoms with E-state index in [-0.39, 0.29) is 24.8 Å². The lowest BCUT2D eigenvalue weighted by molar-refractivity contribution is -0.163. The third-order valence-electron chi connectivity index (χ3n) is 4.88.